The number of nitrogens with one attached hydrogen (secondary N) is 1. The molecule has 0 amide bonds. The van der Waals surface area contributed by atoms with Crippen molar-refractivity contribution in [3.8, 4) is 0 Å². The first-order valence-electron chi connectivity index (χ1n) is 5.38. The fourth-order valence-corrected chi connectivity index (χ4v) is 1.37. The summed E-state index contributed by atoms with van der Waals surface area (Å²) < 4.78 is 13.3. The predicted molar refractivity (Wildman–Crippen MR) is 62.6 cm³/mol. The lowest BCUT2D eigenvalue weighted by Gasteiger charge is -2.23. The van der Waals surface area contributed by atoms with Gasteiger partial charge in [0.1, 0.15) is 5.82 Å². The van der Waals surface area contributed by atoms with Gasteiger partial charge in [-0.25, -0.2) is 4.39 Å². The van der Waals surface area contributed by atoms with Crippen LogP contribution >= 0.6 is 0 Å². The first-order valence-corrected chi connectivity index (χ1v) is 5.38. The van der Waals surface area contributed by atoms with Crippen molar-refractivity contribution in [3.63, 3.8) is 0 Å². The lowest BCUT2D eigenvalue weighted by molar-refractivity contribution is 0.393. The van der Waals surface area contributed by atoms with Gasteiger partial charge in [-0.2, -0.15) is 0 Å². The van der Waals surface area contributed by atoms with E-state index < -0.39 is 0 Å². The number of hydrogen-bond donors (Lipinski definition) is 1. The smallest absolute Gasteiger partial charge is 0.126 e. The number of halogens is 1. The van der Waals surface area contributed by atoms with Crippen molar-refractivity contribution in [2.24, 2.45) is 0 Å². The third-order valence-corrected chi connectivity index (χ3v) is 2.95. The Labute approximate surface area is 91.7 Å². The third-order valence-electron chi connectivity index (χ3n) is 2.95. The van der Waals surface area contributed by atoms with Gasteiger partial charge in [-0.15, -0.1) is 0 Å². The van der Waals surface area contributed by atoms with Crippen LogP contribution in [0.4, 0.5) is 4.39 Å². The van der Waals surface area contributed by atoms with E-state index in [1.165, 1.54) is 0 Å². The van der Waals surface area contributed by atoms with Gasteiger partial charge in [-0.3, -0.25) is 0 Å². The molecule has 0 fully saturated rings. The maximum Gasteiger partial charge on any atom is 0.126 e. The van der Waals surface area contributed by atoms with Crippen molar-refractivity contribution in [1.29, 1.82) is 0 Å². The lowest BCUT2D eigenvalue weighted by Crippen LogP contribution is -2.36. The van der Waals surface area contributed by atoms with Crippen molar-refractivity contribution in [3.05, 3.63) is 35.1 Å². The van der Waals surface area contributed by atoms with Crippen LogP contribution in [0.3, 0.4) is 0 Å². The van der Waals surface area contributed by atoms with Crippen molar-refractivity contribution < 1.29 is 4.39 Å². The molecule has 1 rings (SSSR count). The standard InChI is InChI=1S/C13H20FN/c1-10-5-6-11(9-12(10)14)7-8-13(2,3)15-4/h5-6,9,15H,7-8H2,1-4H3. The summed E-state index contributed by atoms with van der Waals surface area (Å²) in [5.74, 6) is -0.102. The zero-order valence-corrected chi connectivity index (χ0v) is 10.0. The molecule has 1 nitrogen and oxygen atoms in total. The monoisotopic (exact) mass is 209 g/mol. The van der Waals surface area contributed by atoms with Crippen LogP contribution < -0.4 is 5.32 Å². The van der Waals surface area contributed by atoms with Crippen molar-refractivity contribution in [2.45, 2.75) is 39.2 Å². The average molecular weight is 209 g/mol. The van der Waals surface area contributed by atoms with Crippen LogP contribution in [0.1, 0.15) is 31.4 Å². The molecule has 0 bridgehead atoms. The van der Waals surface area contributed by atoms with E-state index in [0.717, 1.165) is 18.4 Å². The largest absolute Gasteiger partial charge is 0.315 e. The van der Waals surface area contributed by atoms with Crippen LogP contribution in [0.5, 0.6) is 0 Å². The summed E-state index contributed by atoms with van der Waals surface area (Å²) in [6.07, 6.45) is 1.91. The van der Waals surface area contributed by atoms with Crippen molar-refractivity contribution in [2.75, 3.05) is 7.05 Å². The van der Waals surface area contributed by atoms with Gasteiger partial charge >= 0.3 is 0 Å². The minimum Gasteiger partial charge on any atom is -0.315 e. The summed E-state index contributed by atoms with van der Waals surface area (Å²) in [7, 11) is 1.95. The predicted octanol–water partition coefficient (Wildman–Crippen LogP) is 3.06. The Morgan fingerprint density at radius 1 is 1.33 bits per heavy atom. The van der Waals surface area contributed by atoms with Gasteiger partial charge in [0.05, 0.1) is 0 Å². The molecule has 0 aliphatic rings. The Kier molecular flexibility index (Phi) is 3.86. The molecule has 0 aliphatic carbocycles. The second kappa shape index (κ2) is 4.75. The van der Waals surface area contributed by atoms with Gasteiger partial charge in [0, 0.05) is 5.54 Å². The molecule has 0 aromatic heterocycles. The van der Waals surface area contributed by atoms with Gasteiger partial charge in [0.25, 0.3) is 0 Å². The molecule has 2 heteroatoms. The Hall–Kier alpha value is -0.890. The molecule has 15 heavy (non-hydrogen) atoms. The summed E-state index contributed by atoms with van der Waals surface area (Å²) in [6.45, 7) is 6.09. The Morgan fingerprint density at radius 2 is 2.00 bits per heavy atom. The van der Waals surface area contributed by atoms with Gasteiger partial charge < -0.3 is 5.32 Å². The number of benzene rings is 1. The Bertz CT molecular complexity index is 331. The molecular formula is C13H20FN. The molecule has 84 valence electrons. The molecule has 0 aliphatic heterocycles. The number of rotatable bonds is 4. The molecule has 0 saturated heterocycles. The quantitative estimate of drug-likeness (QED) is 0.803. The molecule has 0 atom stereocenters. The van der Waals surface area contributed by atoms with Gasteiger partial charge in [-0.05, 0) is 57.9 Å². The topological polar surface area (TPSA) is 12.0 Å². The van der Waals surface area contributed by atoms with E-state index in [1.807, 2.05) is 19.2 Å². The fraction of sp³-hybridized carbons (Fsp3) is 0.538. The first-order chi connectivity index (χ1) is 6.94. The highest BCUT2D eigenvalue weighted by molar-refractivity contribution is 5.23. The maximum atomic E-state index is 13.3. The van der Waals surface area contributed by atoms with E-state index in [1.54, 1.807) is 13.0 Å². The molecule has 1 aromatic rings. The summed E-state index contributed by atoms with van der Waals surface area (Å²) in [5.41, 5.74) is 1.90. The molecule has 0 unspecified atom stereocenters. The maximum absolute atomic E-state index is 13.3. The third kappa shape index (κ3) is 3.63. The highest BCUT2D eigenvalue weighted by Crippen LogP contribution is 2.15. The molecule has 1 N–H and O–H groups in total. The van der Waals surface area contributed by atoms with E-state index in [9.17, 15) is 4.39 Å². The highest BCUT2D eigenvalue weighted by atomic mass is 19.1. The molecule has 0 spiro atoms. The lowest BCUT2D eigenvalue weighted by atomic mass is 9.95. The second-order valence-electron chi connectivity index (χ2n) is 4.72. The van der Waals surface area contributed by atoms with Crippen LogP contribution in [0.25, 0.3) is 0 Å². The van der Waals surface area contributed by atoms with Gasteiger partial charge in [0.2, 0.25) is 0 Å². The summed E-state index contributed by atoms with van der Waals surface area (Å²) in [6, 6.07) is 5.49. The van der Waals surface area contributed by atoms with Gasteiger partial charge in [0.15, 0.2) is 0 Å². The van der Waals surface area contributed by atoms with E-state index in [-0.39, 0.29) is 11.4 Å². The number of hydrogen-bond acceptors (Lipinski definition) is 1. The van der Waals surface area contributed by atoms with Crippen LogP contribution in [0, 0.1) is 12.7 Å². The molecule has 0 heterocycles. The average Bonchev–Trinajstić information content (AvgIpc) is 2.20. The minimum absolute atomic E-state index is 0.102. The zero-order valence-electron chi connectivity index (χ0n) is 10.0. The summed E-state index contributed by atoms with van der Waals surface area (Å²) in [4.78, 5) is 0. The molecule has 0 radical (unpaired) electrons. The van der Waals surface area contributed by atoms with Gasteiger partial charge in [-0.1, -0.05) is 12.1 Å². The van der Waals surface area contributed by atoms with E-state index >= 15 is 0 Å². The highest BCUT2D eigenvalue weighted by Gasteiger charge is 2.14. The summed E-state index contributed by atoms with van der Waals surface area (Å²) in [5, 5.41) is 3.24. The Balaban J connectivity index is 2.62. The molecule has 1 aromatic carbocycles. The van der Waals surface area contributed by atoms with E-state index in [4.69, 9.17) is 0 Å². The van der Waals surface area contributed by atoms with E-state index in [2.05, 4.69) is 19.2 Å². The van der Waals surface area contributed by atoms with Crippen molar-refractivity contribution >= 4 is 0 Å². The van der Waals surface area contributed by atoms with Crippen molar-refractivity contribution in [1.82, 2.24) is 5.32 Å². The molecule has 0 saturated carbocycles. The van der Waals surface area contributed by atoms with Crippen LogP contribution in [-0.4, -0.2) is 12.6 Å². The van der Waals surface area contributed by atoms with Crippen LogP contribution in [0.2, 0.25) is 0 Å². The normalized spacial score (nSPS) is 11.8. The fourth-order valence-electron chi connectivity index (χ4n) is 1.37. The molecular weight excluding hydrogens is 189 g/mol. The van der Waals surface area contributed by atoms with Crippen LogP contribution in [0.15, 0.2) is 18.2 Å². The summed E-state index contributed by atoms with van der Waals surface area (Å²) >= 11 is 0. The zero-order chi connectivity index (χ0) is 11.5. The Morgan fingerprint density at radius 3 is 2.53 bits per heavy atom. The number of aryl methyl sites for hydroxylation is 2. The minimum atomic E-state index is -0.102. The van der Waals surface area contributed by atoms with Crippen LogP contribution in [-0.2, 0) is 6.42 Å². The van der Waals surface area contributed by atoms with E-state index in [0.29, 0.717) is 5.56 Å². The second-order valence-corrected chi connectivity index (χ2v) is 4.72. The SMILES string of the molecule is CNC(C)(C)CCc1ccc(C)c(F)c1. The first kappa shape index (κ1) is 12.2.